The molecule has 2 N–H and O–H groups in total. The fourth-order valence-corrected chi connectivity index (χ4v) is 1.08. The number of nitrogens with one attached hydrogen (secondary N) is 2. The summed E-state index contributed by atoms with van der Waals surface area (Å²) in [4.78, 5) is 20.5. The van der Waals surface area contributed by atoms with E-state index in [0.29, 0.717) is 24.2 Å². The van der Waals surface area contributed by atoms with Gasteiger partial charge in [0.15, 0.2) is 0 Å². The van der Waals surface area contributed by atoms with E-state index in [9.17, 15) is 9.59 Å². The second-order valence-electron chi connectivity index (χ2n) is 2.53. The molecule has 0 spiro atoms. The topological polar surface area (TPSA) is 58.2 Å². The molecule has 0 bridgehead atoms. The zero-order valence-corrected chi connectivity index (χ0v) is 7.49. The van der Waals surface area contributed by atoms with Gasteiger partial charge in [-0.15, -0.1) is 0 Å². The molecule has 0 radical (unpaired) electrons. The van der Waals surface area contributed by atoms with Gasteiger partial charge >= 0.3 is 0 Å². The number of benzene rings is 1. The monoisotopic (exact) mass is 190 g/mol. The molecule has 0 heterocycles. The molecule has 0 saturated carbocycles. The quantitative estimate of drug-likeness (QED) is 0.690. The minimum Gasteiger partial charge on any atom is -0.329 e. The van der Waals surface area contributed by atoms with E-state index in [1.54, 1.807) is 24.3 Å². The number of hydrogen-bond donors (Lipinski definition) is 2. The lowest BCUT2D eigenvalue weighted by molar-refractivity contribution is -0.106. The van der Waals surface area contributed by atoms with Crippen LogP contribution in [0.1, 0.15) is 5.56 Å². The minimum absolute atomic E-state index is 0.576. The number of carbonyl (C=O) groups is 2. The lowest BCUT2D eigenvalue weighted by Gasteiger charge is -2.06. The van der Waals surface area contributed by atoms with E-state index in [1.165, 1.54) is 0 Å². The molecule has 2 amide bonds. The Kier molecular flexibility index (Phi) is 3.43. The maximum Gasteiger partial charge on any atom is 0.211 e. The second kappa shape index (κ2) is 4.81. The van der Waals surface area contributed by atoms with E-state index in [2.05, 4.69) is 17.2 Å². The highest BCUT2D eigenvalue weighted by atomic mass is 16.1. The molecular formula is C10H10N2O2. The molecule has 1 rings (SSSR count). The maximum atomic E-state index is 10.3. The third-order valence-electron chi connectivity index (χ3n) is 1.71. The predicted molar refractivity (Wildman–Crippen MR) is 55.9 cm³/mol. The average Bonchev–Trinajstić information content (AvgIpc) is 2.19. The van der Waals surface area contributed by atoms with Crippen LogP contribution in [0.2, 0.25) is 0 Å². The van der Waals surface area contributed by atoms with Crippen molar-refractivity contribution >= 4 is 30.3 Å². The highest BCUT2D eigenvalue weighted by Gasteiger charge is 1.99. The molecule has 72 valence electrons. The Morgan fingerprint density at radius 1 is 1.14 bits per heavy atom. The molecule has 0 unspecified atom stereocenters. The Labute approximate surface area is 81.6 Å². The van der Waals surface area contributed by atoms with E-state index in [4.69, 9.17) is 0 Å². The number of rotatable bonds is 5. The Bertz CT molecular complexity index is 361. The summed E-state index contributed by atoms with van der Waals surface area (Å²) in [5.74, 6) is 0. The summed E-state index contributed by atoms with van der Waals surface area (Å²) in [6, 6.07) is 5.13. The van der Waals surface area contributed by atoms with Crippen LogP contribution in [-0.2, 0) is 9.59 Å². The number of hydrogen-bond acceptors (Lipinski definition) is 2. The van der Waals surface area contributed by atoms with Gasteiger partial charge in [-0.05, 0) is 17.7 Å². The Morgan fingerprint density at radius 3 is 2.43 bits per heavy atom. The van der Waals surface area contributed by atoms with Crippen LogP contribution >= 0.6 is 0 Å². The Morgan fingerprint density at radius 2 is 1.86 bits per heavy atom. The summed E-state index contributed by atoms with van der Waals surface area (Å²) in [6.45, 7) is 3.60. The first-order valence-corrected chi connectivity index (χ1v) is 3.98. The largest absolute Gasteiger partial charge is 0.329 e. The molecule has 0 saturated heterocycles. The summed E-state index contributed by atoms with van der Waals surface area (Å²) in [5, 5.41) is 5.00. The molecule has 0 aliphatic rings. The molecule has 4 heteroatoms. The van der Waals surface area contributed by atoms with Gasteiger partial charge in [-0.25, -0.2) is 0 Å². The maximum absolute atomic E-state index is 10.3. The van der Waals surface area contributed by atoms with Gasteiger partial charge in [0.05, 0.1) is 0 Å². The predicted octanol–water partition coefficient (Wildman–Crippen LogP) is 1.47. The molecule has 0 aliphatic carbocycles. The van der Waals surface area contributed by atoms with Crippen LogP contribution < -0.4 is 10.6 Å². The van der Waals surface area contributed by atoms with Gasteiger partial charge in [0.25, 0.3) is 0 Å². The molecule has 1 aromatic carbocycles. The molecule has 0 aromatic heterocycles. The molecule has 1 aromatic rings. The van der Waals surface area contributed by atoms with Gasteiger partial charge in [0.2, 0.25) is 12.8 Å². The first-order valence-electron chi connectivity index (χ1n) is 3.98. The first-order chi connectivity index (χ1) is 6.81. The lowest BCUT2D eigenvalue weighted by atomic mass is 10.1. The van der Waals surface area contributed by atoms with Crippen molar-refractivity contribution in [3.63, 3.8) is 0 Å². The number of carbonyl (C=O) groups excluding carboxylic acids is 2. The van der Waals surface area contributed by atoms with Crippen LogP contribution in [0.25, 0.3) is 6.08 Å². The van der Waals surface area contributed by atoms with Crippen molar-refractivity contribution in [1.29, 1.82) is 0 Å². The average molecular weight is 190 g/mol. The zero-order valence-electron chi connectivity index (χ0n) is 7.49. The van der Waals surface area contributed by atoms with Crippen molar-refractivity contribution in [2.75, 3.05) is 10.6 Å². The molecular weight excluding hydrogens is 180 g/mol. The summed E-state index contributed by atoms with van der Waals surface area (Å²) >= 11 is 0. The molecule has 0 atom stereocenters. The van der Waals surface area contributed by atoms with E-state index in [-0.39, 0.29) is 0 Å². The van der Waals surface area contributed by atoms with E-state index >= 15 is 0 Å². The van der Waals surface area contributed by atoms with Crippen molar-refractivity contribution < 1.29 is 9.59 Å². The van der Waals surface area contributed by atoms with Crippen molar-refractivity contribution in [3.05, 3.63) is 30.3 Å². The van der Waals surface area contributed by atoms with Gasteiger partial charge in [0, 0.05) is 11.4 Å². The Hall–Kier alpha value is -2.10. The summed E-state index contributed by atoms with van der Waals surface area (Å²) in [5.41, 5.74) is 2.03. The van der Waals surface area contributed by atoms with Gasteiger partial charge in [-0.1, -0.05) is 18.7 Å². The third-order valence-corrected chi connectivity index (χ3v) is 1.71. The Balaban J connectivity index is 3.05. The summed E-state index contributed by atoms with van der Waals surface area (Å²) in [7, 11) is 0. The van der Waals surface area contributed by atoms with Crippen LogP contribution in [0.4, 0.5) is 11.4 Å². The van der Waals surface area contributed by atoms with Crippen LogP contribution in [0, 0.1) is 0 Å². The van der Waals surface area contributed by atoms with E-state index in [1.807, 2.05) is 0 Å². The van der Waals surface area contributed by atoms with E-state index in [0.717, 1.165) is 5.56 Å². The van der Waals surface area contributed by atoms with Gasteiger partial charge in [0.1, 0.15) is 0 Å². The van der Waals surface area contributed by atoms with Crippen molar-refractivity contribution in [2.45, 2.75) is 0 Å². The van der Waals surface area contributed by atoms with Gasteiger partial charge in [-0.3, -0.25) is 9.59 Å². The minimum atomic E-state index is 0.576. The standard InChI is InChI=1S/C10H10N2O2/c1-2-8-3-4-9(11-6-13)5-10(8)12-7-14/h2-7H,1H2,(H,11,13)(H,12,14). The van der Waals surface area contributed by atoms with Gasteiger partial charge < -0.3 is 10.6 Å². The second-order valence-corrected chi connectivity index (χ2v) is 2.53. The molecule has 4 nitrogen and oxygen atoms in total. The van der Waals surface area contributed by atoms with E-state index < -0.39 is 0 Å². The highest BCUT2D eigenvalue weighted by molar-refractivity contribution is 5.82. The smallest absolute Gasteiger partial charge is 0.211 e. The van der Waals surface area contributed by atoms with Crippen LogP contribution in [-0.4, -0.2) is 12.8 Å². The van der Waals surface area contributed by atoms with Crippen molar-refractivity contribution in [3.8, 4) is 0 Å². The normalized spacial score (nSPS) is 8.86. The molecule has 0 aliphatic heterocycles. The highest BCUT2D eigenvalue weighted by Crippen LogP contribution is 2.20. The van der Waals surface area contributed by atoms with Crippen LogP contribution in [0.3, 0.4) is 0 Å². The van der Waals surface area contributed by atoms with Gasteiger partial charge in [-0.2, -0.15) is 0 Å². The van der Waals surface area contributed by atoms with Crippen LogP contribution in [0.5, 0.6) is 0 Å². The summed E-state index contributed by atoms with van der Waals surface area (Å²) < 4.78 is 0. The fourth-order valence-electron chi connectivity index (χ4n) is 1.08. The number of anilines is 2. The summed E-state index contributed by atoms with van der Waals surface area (Å²) in [6.07, 6.45) is 2.77. The third kappa shape index (κ3) is 2.20. The SMILES string of the molecule is C=Cc1ccc(NC=O)cc1NC=O. The molecule has 0 fully saturated rings. The first kappa shape index (κ1) is 9.98. The fraction of sp³-hybridized carbons (Fsp3) is 0. The lowest BCUT2D eigenvalue weighted by Crippen LogP contribution is -1.99. The molecule has 14 heavy (non-hydrogen) atoms. The van der Waals surface area contributed by atoms with Crippen molar-refractivity contribution in [1.82, 2.24) is 0 Å². The van der Waals surface area contributed by atoms with Crippen molar-refractivity contribution in [2.24, 2.45) is 0 Å². The van der Waals surface area contributed by atoms with Crippen LogP contribution in [0.15, 0.2) is 24.8 Å². The zero-order chi connectivity index (χ0) is 10.4. The number of amides is 2.